The van der Waals surface area contributed by atoms with E-state index in [1.807, 2.05) is 18.3 Å². The van der Waals surface area contributed by atoms with E-state index in [1.54, 1.807) is 23.1 Å². The first-order valence-electron chi connectivity index (χ1n) is 7.12. The average Bonchev–Trinajstić information content (AvgIpc) is 3.18. The molecule has 0 aromatic carbocycles. The molecular formula is C15H14BrN5O. The summed E-state index contributed by atoms with van der Waals surface area (Å²) in [7, 11) is 0. The Morgan fingerprint density at radius 3 is 2.95 bits per heavy atom. The number of pyridine rings is 1. The Balaban J connectivity index is 1.58. The van der Waals surface area contributed by atoms with Gasteiger partial charge in [0.2, 0.25) is 0 Å². The molecule has 0 radical (unpaired) electrons. The van der Waals surface area contributed by atoms with E-state index in [9.17, 15) is 0 Å². The van der Waals surface area contributed by atoms with Crippen LogP contribution in [-0.4, -0.2) is 38.8 Å². The second kappa shape index (κ2) is 5.66. The van der Waals surface area contributed by atoms with Crippen LogP contribution in [0.3, 0.4) is 0 Å². The van der Waals surface area contributed by atoms with Crippen LogP contribution in [0, 0.1) is 0 Å². The van der Waals surface area contributed by atoms with Crippen LogP contribution in [-0.2, 0) is 0 Å². The zero-order valence-corrected chi connectivity index (χ0v) is 13.3. The van der Waals surface area contributed by atoms with Crippen molar-refractivity contribution < 1.29 is 4.74 Å². The second-order valence-corrected chi connectivity index (χ2v) is 6.07. The fourth-order valence-corrected chi connectivity index (χ4v) is 2.90. The van der Waals surface area contributed by atoms with Gasteiger partial charge in [0, 0.05) is 24.5 Å². The molecule has 1 aliphatic heterocycles. The van der Waals surface area contributed by atoms with Crippen molar-refractivity contribution >= 4 is 21.6 Å². The van der Waals surface area contributed by atoms with Crippen LogP contribution < -0.4 is 10.1 Å². The zero-order valence-electron chi connectivity index (χ0n) is 11.7. The lowest BCUT2D eigenvalue weighted by molar-refractivity contribution is 0.222. The minimum absolute atomic E-state index is 0.243. The number of halogens is 1. The molecule has 6 nitrogen and oxygen atoms in total. The van der Waals surface area contributed by atoms with Gasteiger partial charge in [-0.25, -0.2) is 9.50 Å². The molecule has 1 unspecified atom stereocenters. The summed E-state index contributed by atoms with van der Waals surface area (Å²) in [6.45, 7) is 1.91. The summed E-state index contributed by atoms with van der Waals surface area (Å²) >= 11 is 3.42. The highest BCUT2D eigenvalue weighted by atomic mass is 79.9. The van der Waals surface area contributed by atoms with Gasteiger partial charge < -0.3 is 10.1 Å². The molecular weight excluding hydrogens is 346 g/mol. The first-order chi connectivity index (χ1) is 10.8. The summed E-state index contributed by atoms with van der Waals surface area (Å²) < 4.78 is 8.48. The van der Waals surface area contributed by atoms with E-state index in [-0.39, 0.29) is 6.10 Å². The van der Waals surface area contributed by atoms with Gasteiger partial charge in [0.15, 0.2) is 5.65 Å². The third-order valence-electron chi connectivity index (χ3n) is 3.66. The summed E-state index contributed by atoms with van der Waals surface area (Å²) in [5.41, 5.74) is 2.55. The van der Waals surface area contributed by atoms with E-state index in [0.29, 0.717) is 0 Å². The third kappa shape index (κ3) is 2.57. The Morgan fingerprint density at radius 1 is 1.23 bits per heavy atom. The van der Waals surface area contributed by atoms with Crippen molar-refractivity contribution in [2.75, 3.05) is 13.1 Å². The molecule has 1 atom stereocenters. The standard InChI is InChI=1S/C15H14BrN5O/c16-13-8-20-21-9-10(5-19-15(13)21)14-2-1-11(7-18-14)22-12-3-4-17-6-12/h1-2,5,7-9,12,17H,3-4,6H2. The maximum Gasteiger partial charge on any atom is 0.169 e. The second-order valence-electron chi connectivity index (χ2n) is 5.22. The van der Waals surface area contributed by atoms with Gasteiger partial charge in [0.1, 0.15) is 11.9 Å². The van der Waals surface area contributed by atoms with Gasteiger partial charge >= 0.3 is 0 Å². The minimum Gasteiger partial charge on any atom is -0.487 e. The van der Waals surface area contributed by atoms with Crippen molar-refractivity contribution in [2.45, 2.75) is 12.5 Å². The van der Waals surface area contributed by atoms with Gasteiger partial charge in [-0.2, -0.15) is 5.10 Å². The van der Waals surface area contributed by atoms with Crippen LogP contribution in [0.2, 0.25) is 0 Å². The Kier molecular flexibility index (Phi) is 3.51. The van der Waals surface area contributed by atoms with E-state index in [4.69, 9.17) is 4.74 Å². The molecule has 22 heavy (non-hydrogen) atoms. The van der Waals surface area contributed by atoms with Crippen molar-refractivity contribution in [1.82, 2.24) is 24.9 Å². The Morgan fingerprint density at radius 2 is 2.18 bits per heavy atom. The highest BCUT2D eigenvalue weighted by Crippen LogP contribution is 2.22. The van der Waals surface area contributed by atoms with Gasteiger partial charge in [0.05, 0.1) is 22.6 Å². The number of hydrogen-bond acceptors (Lipinski definition) is 5. The molecule has 0 aliphatic carbocycles. The summed E-state index contributed by atoms with van der Waals surface area (Å²) in [4.78, 5) is 8.86. The monoisotopic (exact) mass is 359 g/mol. The molecule has 1 saturated heterocycles. The summed E-state index contributed by atoms with van der Waals surface area (Å²) in [6, 6.07) is 3.89. The van der Waals surface area contributed by atoms with Gasteiger partial charge in [0.25, 0.3) is 0 Å². The van der Waals surface area contributed by atoms with Crippen LogP contribution in [0.4, 0.5) is 0 Å². The van der Waals surface area contributed by atoms with Gasteiger partial charge in [-0.05, 0) is 41.0 Å². The molecule has 4 heterocycles. The first-order valence-corrected chi connectivity index (χ1v) is 7.91. The molecule has 3 aromatic heterocycles. The van der Waals surface area contributed by atoms with Crippen molar-refractivity contribution in [3.8, 4) is 17.0 Å². The molecule has 1 aliphatic rings. The van der Waals surface area contributed by atoms with Crippen LogP contribution in [0.15, 0.2) is 41.4 Å². The van der Waals surface area contributed by atoms with Crippen LogP contribution in [0.25, 0.3) is 16.9 Å². The smallest absolute Gasteiger partial charge is 0.169 e. The molecule has 1 N–H and O–H groups in total. The fraction of sp³-hybridized carbons (Fsp3) is 0.267. The van der Waals surface area contributed by atoms with Crippen LogP contribution >= 0.6 is 15.9 Å². The SMILES string of the molecule is Brc1cnn2cc(-c3ccc(OC4CCNC4)cn3)cnc12. The Bertz CT molecular complexity index is 795. The number of fused-ring (bicyclic) bond motifs is 1. The molecule has 0 amide bonds. The largest absolute Gasteiger partial charge is 0.487 e. The van der Waals surface area contributed by atoms with Crippen LogP contribution in [0.1, 0.15) is 6.42 Å². The Labute approximate surface area is 135 Å². The molecule has 3 aromatic rings. The molecule has 0 spiro atoms. The summed E-state index contributed by atoms with van der Waals surface area (Å²) in [5, 5.41) is 7.52. The van der Waals surface area contributed by atoms with Crippen molar-refractivity contribution in [3.05, 3.63) is 41.4 Å². The molecule has 112 valence electrons. The van der Waals surface area contributed by atoms with E-state index in [1.165, 1.54) is 0 Å². The number of ether oxygens (including phenoxy) is 1. The zero-order chi connectivity index (χ0) is 14.9. The number of rotatable bonds is 3. The van der Waals surface area contributed by atoms with Gasteiger partial charge in [-0.1, -0.05) is 0 Å². The number of hydrogen-bond donors (Lipinski definition) is 1. The minimum atomic E-state index is 0.243. The number of nitrogens with one attached hydrogen (secondary N) is 1. The molecule has 7 heteroatoms. The van der Waals surface area contributed by atoms with E-state index < -0.39 is 0 Å². The van der Waals surface area contributed by atoms with Crippen molar-refractivity contribution in [1.29, 1.82) is 0 Å². The van der Waals surface area contributed by atoms with Crippen molar-refractivity contribution in [2.24, 2.45) is 0 Å². The third-order valence-corrected chi connectivity index (χ3v) is 4.22. The molecule has 4 rings (SSSR count). The van der Waals surface area contributed by atoms with E-state index >= 15 is 0 Å². The molecule has 0 saturated carbocycles. The normalized spacial score (nSPS) is 18.0. The number of aromatic nitrogens is 4. The maximum atomic E-state index is 5.88. The molecule has 0 bridgehead atoms. The topological polar surface area (TPSA) is 64.3 Å². The van der Waals surface area contributed by atoms with E-state index in [2.05, 4.69) is 36.3 Å². The van der Waals surface area contributed by atoms with Crippen LogP contribution in [0.5, 0.6) is 5.75 Å². The lowest BCUT2D eigenvalue weighted by Gasteiger charge is -2.12. The van der Waals surface area contributed by atoms with Crippen molar-refractivity contribution in [3.63, 3.8) is 0 Å². The lowest BCUT2D eigenvalue weighted by Crippen LogP contribution is -2.19. The predicted molar refractivity (Wildman–Crippen MR) is 85.8 cm³/mol. The quantitative estimate of drug-likeness (QED) is 0.777. The maximum absolute atomic E-state index is 5.88. The first kappa shape index (κ1) is 13.7. The predicted octanol–water partition coefficient (Wildman–Crippen LogP) is 2.29. The summed E-state index contributed by atoms with van der Waals surface area (Å²) in [5.74, 6) is 0.799. The Hall–Kier alpha value is -1.99. The lowest BCUT2D eigenvalue weighted by atomic mass is 10.2. The fourth-order valence-electron chi connectivity index (χ4n) is 2.52. The average molecular weight is 360 g/mol. The van der Waals surface area contributed by atoms with E-state index in [0.717, 1.165) is 46.6 Å². The highest BCUT2D eigenvalue weighted by Gasteiger charge is 2.16. The number of nitrogens with zero attached hydrogens (tertiary/aromatic N) is 4. The molecule has 1 fully saturated rings. The highest BCUT2D eigenvalue weighted by molar-refractivity contribution is 9.10. The van der Waals surface area contributed by atoms with Gasteiger partial charge in [-0.15, -0.1) is 0 Å². The van der Waals surface area contributed by atoms with Gasteiger partial charge in [-0.3, -0.25) is 4.98 Å². The summed E-state index contributed by atoms with van der Waals surface area (Å²) in [6.07, 6.45) is 8.48.